The maximum absolute atomic E-state index is 13.8. The largest absolute Gasteiger partial charge is 0.355 e. The van der Waals surface area contributed by atoms with Crippen LogP contribution in [-0.2, 0) is 26.2 Å². The van der Waals surface area contributed by atoms with E-state index in [0.29, 0.717) is 12.2 Å². The quantitative estimate of drug-likeness (QED) is 0.430. The number of anilines is 1. The van der Waals surface area contributed by atoms with Crippen LogP contribution in [-0.4, -0.2) is 44.3 Å². The smallest absolute Gasteiger partial charge is 0.264 e. The average Bonchev–Trinajstić information content (AvgIpc) is 2.87. The van der Waals surface area contributed by atoms with E-state index in [-0.39, 0.29) is 17.3 Å². The maximum Gasteiger partial charge on any atom is 0.264 e. The molecule has 196 valence electrons. The lowest BCUT2D eigenvalue weighted by molar-refractivity contribution is -0.139. The highest BCUT2D eigenvalue weighted by Gasteiger charge is 2.32. The number of nitrogens with one attached hydrogen (secondary N) is 1. The molecule has 8 heteroatoms. The Morgan fingerprint density at radius 1 is 0.865 bits per heavy atom. The van der Waals surface area contributed by atoms with Gasteiger partial charge in [-0.15, -0.1) is 0 Å². The second-order valence-corrected chi connectivity index (χ2v) is 11.0. The van der Waals surface area contributed by atoms with Crippen molar-refractivity contribution in [1.82, 2.24) is 10.2 Å². The molecule has 0 spiro atoms. The van der Waals surface area contributed by atoms with Crippen LogP contribution in [0.4, 0.5) is 5.69 Å². The number of amides is 2. The Balaban J connectivity index is 2.03. The summed E-state index contributed by atoms with van der Waals surface area (Å²) in [5, 5.41) is 2.77. The van der Waals surface area contributed by atoms with Gasteiger partial charge in [0, 0.05) is 13.1 Å². The fraction of sp³-hybridized carbons (Fsp3) is 0.310. The third kappa shape index (κ3) is 6.77. The van der Waals surface area contributed by atoms with E-state index in [2.05, 4.69) is 5.32 Å². The monoisotopic (exact) mass is 521 g/mol. The van der Waals surface area contributed by atoms with Crippen LogP contribution in [0.15, 0.2) is 77.7 Å². The zero-order valence-electron chi connectivity index (χ0n) is 22.1. The molecule has 0 aliphatic carbocycles. The van der Waals surface area contributed by atoms with Crippen LogP contribution in [0.25, 0.3) is 0 Å². The van der Waals surface area contributed by atoms with E-state index >= 15 is 0 Å². The minimum Gasteiger partial charge on any atom is -0.355 e. The highest BCUT2D eigenvalue weighted by molar-refractivity contribution is 7.92. The van der Waals surface area contributed by atoms with Gasteiger partial charge in [0.2, 0.25) is 11.8 Å². The first-order chi connectivity index (χ1) is 17.5. The minimum absolute atomic E-state index is 0.0914. The van der Waals surface area contributed by atoms with Crippen LogP contribution in [0, 0.1) is 20.8 Å². The Labute approximate surface area is 220 Å². The predicted octanol–water partition coefficient (Wildman–Crippen LogP) is 4.36. The van der Waals surface area contributed by atoms with E-state index in [9.17, 15) is 18.0 Å². The number of nitrogens with zero attached hydrogens (tertiary/aromatic N) is 2. The molecule has 0 aliphatic heterocycles. The molecule has 0 radical (unpaired) electrons. The second-order valence-electron chi connectivity index (χ2n) is 9.18. The third-order valence-corrected chi connectivity index (χ3v) is 8.12. The van der Waals surface area contributed by atoms with Gasteiger partial charge < -0.3 is 10.2 Å². The second kappa shape index (κ2) is 12.1. The SMILES string of the molecule is CCNC(=O)[C@H](C)N(Cc1ccccc1C)C(=O)CN(c1ccc(C)cc1)S(=O)(=O)c1ccc(C)cc1. The lowest BCUT2D eigenvalue weighted by Crippen LogP contribution is -2.51. The summed E-state index contributed by atoms with van der Waals surface area (Å²) < 4.78 is 28.7. The zero-order valence-corrected chi connectivity index (χ0v) is 22.9. The Bertz CT molecular complexity index is 1340. The lowest BCUT2D eigenvalue weighted by Gasteiger charge is -2.32. The summed E-state index contributed by atoms with van der Waals surface area (Å²) >= 11 is 0. The number of hydrogen-bond acceptors (Lipinski definition) is 4. The fourth-order valence-electron chi connectivity index (χ4n) is 3.95. The summed E-state index contributed by atoms with van der Waals surface area (Å²) in [6, 6.07) is 20.4. The number of hydrogen-bond donors (Lipinski definition) is 1. The molecule has 37 heavy (non-hydrogen) atoms. The van der Waals surface area contributed by atoms with Crippen molar-refractivity contribution >= 4 is 27.5 Å². The van der Waals surface area contributed by atoms with Crippen molar-refractivity contribution in [1.29, 1.82) is 0 Å². The molecule has 2 amide bonds. The number of benzene rings is 3. The fourth-order valence-corrected chi connectivity index (χ4v) is 5.37. The van der Waals surface area contributed by atoms with Gasteiger partial charge >= 0.3 is 0 Å². The van der Waals surface area contributed by atoms with Crippen molar-refractivity contribution in [3.05, 3.63) is 95.1 Å². The molecule has 7 nitrogen and oxygen atoms in total. The van der Waals surface area contributed by atoms with Crippen LogP contribution in [0.1, 0.15) is 36.1 Å². The highest BCUT2D eigenvalue weighted by Crippen LogP contribution is 2.25. The van der Waals surface area contributed by atoms with Crippen LogP contribution in [0.2, 0.25) is 0 Å². The van der Waals surface area contributed by atoms with Crippen molar-refractivity contribution in [2.75, 3.05) is 17.4 Å². The van der Waals surface area contributed by atoms with Gasteiger partial charge in [-0.1, -0.05) is 59.7 Å². The van der Waals surface area contributed by atoms with E-state index in [0.717, 1.165) is 26.6 Å². The molecule has 0 saturated carbocycles. The molecule has 0 saturated heterocycles. The van der Waals surface area contributed by atoms with Crippen molar-refractivity contribution in [3.63, 3.8) is 0 Å². The maximum atomic E-state index is 13.8. The summed E-state index contributed by atoms with van der Waals surface area (Å²) in [6.45, 7) is 9.35. The first-order valence-corrected chi connectivity index (χ1v) is 13.8. The van der Waals surface area contributed by atoms with Gasteiger partial charge in [-0.3, -0.25) is 13.9 Å². The standard InChI is InChI=1S/C29H35N3O4S/c1-6-30-29(34)24(5)31(19-25-10-8-7-9-23(25)4)28(33)20-32(26-15-11-21(2)12-16-26)37(35,36)27-17-13-22(3)14-18-27/h7-18,24H,6,19-20H2,1-5H3,(H,30,34)/t24-/m0/s1. The minimum atomic E-state index is -4.06. The summed E-state index contributed by atoms with van der Waals surface area (Å²) in [5.41, 5.74) is 4.13. The molecule has 3 aromatic rings. The van der Waals surface area contributed by atoms with E-state index in [1.165, 1.54) is 4.90 Å². The molecular formula is C29H35N3O4S. The molecule has 0 fully saturated rings. The van der Waals surface area contributed by atoms with Gasteiger partial charge in [-0.05, 0) is 70.0 Å². The van der Waals surface area contributed by atoms with E-state index in [4.69, 9.17) is 0 Å². The molecule has 3 rings (SSSR count). The third-order valence-electron chi connectivity index (χ3n) is 6.33. The molecule has 0 aromatic heterocycles. The van der Waals surface area contributed by atoms with E-state index < -0.39 is 28.5 Å². The van der Waals surface area contributed by atoms with Gasteiger partial charge in [0.25, 0.3) is 10.0 Å². The van der Waals surface area contributed by atoms with E-state index in [1.807, 2.05) is 52.0 Å². The number of aryl methyl sites for hydroxylation is 3. The first-order valence-electron chi connectivity index (χ1n) is 12.3. The van der Waals surface area contributed by atoms with Crippen LogP contribution in [0.3, 0.4) is 0 Å². The van der Waals surface area contributed by atoms with Gasteiger partial charge in [0.15, 0.2) is 0 Å². The molecule has 1 atom stereocenters. The van der Waals surface area contributed by atoms with Crippen molar-refractivity contribution in [2.45, 2.75) is 52.1 Å². The normalized spacial score (nSPS) is 12.0. The molecule has 0 bridgehead atoms. The number of rotatable bonds is 10. The molecule has 3 aromatic carbocycles. The van der Waals surface area contributed by atoms with Crippen LogP contribution in [0.5, 0.6) is 0 Å². The van der Waals surface area contributed by atoms with Gasteiger partial charge in [0.05, 0.1) is 10.6 Å². The van der Waals surface area contributed by atoms with Gasteiger partial charge in [-0.2, -0.15) is 0 Å². The summed E-state index contributed by atoms with van der Waals surface area (Å²) in [7, 11) is -4.06. The average molecular weight is 522 g/mol. The topological polar surface area (TPSA) is 86.8 Å². The Hall–Kier alpha value is -3.65. The van der Waals surface area contributed by atoms with Crippen molar-refractivity contribution in [3.8, 4) is 0 Å². The number of likely N-dealkylation sites (N-methyl/N-ethyl adjacent to an activating group) is 1. The summed E-state index contributed by atoms with van der Waals surface area (Å²) in [5.74, 6) is -0.772. The van der Waals surface area contributed by atoms with Gasteiger partial charge in [0.1, 0.15) is 12.6 Å². The number of carbonyl (C=O) groups is 2. The molecule has 0 heterocycles. The summed E-state index contributed by atoms with van der Waals surface area (Å²) in [6.07, 6.45) is 0. The Kier molecular flexibility index (Phi) is 9.10. The molecule has 0 aliphatic rings. The van der Waals surface area contributed by atoms with E-state index in [1.54, 1.807) is 55.5 Å². The number of carbonyl (C=O) groups excluding carboxylic acids is 2. The van der Waals surface area contributed by atoms with Gasteiger partial charge in [-0.25, -0.2) is 8.42 Å². The molecule has 1 N–H and O–H groups in total. The summed E-state index contributed by atoms with van der Waals surface area (Å²) in [4.78, 5) is 28.1. The molecular weight excluding hydrogens is 486 g/mol. The highest BCUT2D eigenvalue weighted by atomic mass is 32.2. The van der Waals surface area contributed by atoms with Crippen LogP contribution >= 0.6 is 0 Å². The first kappa shape index (κ1) is 27.9. The van der Waals surface area contributed by atoms with Crippen molar-refractivity contribution < 1.29 is 18.0 Å². The predicted molar refractivity (Wildman–Crippen MR) is 147 cm³/mol. The Morgan fingerprint density at radius 2 is 1.43 bits per heavy atom. The zero-order chi connectivity index (χ0) is 27.2. The molecule has 0 unspecified atom stereocenters. The number of sulfonamides is 1. The lowest BCUT2D eigenvalue weighted by atomic mass is 10.1. The Morgan fingerprint density at radius 3 is 2.00 bits per heavy atom. The van der Waals surface area contributed by atoms with Crippen molar-refractivity contribution in [2.24, 2.45) is 0 Å². The van der Waals surface area contributed by atoms with Crippen LogP contribution < -0.4 is 9.62 Å².